The Bertz CT molecular complexity index is 259. The third-order valence-electron chi connectivity index (χ3n) is 2.39. The van der Waals surface area contributed by atoms with Crippen molar-refractivity contribution in [3.05, 3.63) is 35.9 Å². The minimum absolute atomic E-state index is 0.186. The second-order valence-corrected chi connectivity index (χ2v) is 4.21. The highest BCUT2D eigenvalue weighted by Crippen LogP contribution is 2.03. The molecule has 1 heterocycles. The Morgan fingerprint density at radius 2 is 1.75 bits per heavy atom. The maximum absolute atomic E-state index is 8.78. The van der Waals surface area contributed by atoms with Crippen molar-refractivity contribution in [2.45, 2.75) is 46.1 Å². The van der Waals surface area contributed by atoms with Gasteiger partial charge >= 0.3 is 0 Å². The van der Waals surface area contributed by atoms with Crippen molar-refractivity contribution in [1.82, 2.24) is 5.32 Å². The average Bonchev–Trinajstić information content (AvgIpc) is 2.52. The van der Waals surface area contributed by atoms with Crippen LogP contribution in [0.5, 0.6) is 0 Å². The van der Waals surface area contributed by atoms with Crippen LogP contribution in [0.3, 0.4) is 0 Å². The van der Waals surface area contributed by atoms with E-state index in [1.165, 1.54) is 5.56 Å². The molecular formula is C17H33NO2. The zero-order valence-corrected chi connectivity index (χ0v) is 13.9. The molecule has 1 fully saturated rings. The molecule has 20 heavy (non-hydrogen) atoms. The van der Waals surface area contributed by atoms with Crippen LogP contribution < -0.4 is 5.32 Å². The summed E-state index contributed by atoms with van der Waals surface area (Å²) in [6, 6.07) is 10.5. The lowest BCUT2D eigenvalue weighted by molar-refractivity contribution is -0.00535. The Morgan fingerprint density at radius 3 is 2.00 bits per heavy atom. The molecule has 3 nitrogen and oxygen atoms in total. The van der Waals surface area contributed by atoms with E-state index in [-0.39, 0.29) is 6.10 Å². The minimum atomic E-state index is -0.186. The normalized spacial score (nSPS) is 16.4. The molecular weight excluding hydrogens is 250 g/mol. The van der Waals surface area contributed by atoms with E-state index in [1.807, 2.05) is 34.0 Å². The Hall–Kier alpha value is -0.900. The molecule has 3 heteroatoms. The number of aryl methyl sites for hydroxylation is 1. The molecule has 1 aliphatic heterocycles. The number of aliphatic hydroxyl groups is 1. The van der Waals surface area contributed by atoms with Crippen LogP contribution >= 0.6 is 0 Å². The Balaban J connectivity index is 0. The maximum Gasteiger partial charge on any atom is 0.0774 e. The summed E-state index contributed by atoms with van der Waals surface area (Å²) in [6.07, 6.45) is 2.89. The van der Waals surface area contributed by atoms with Crippen LogP contribution in [0, 0.1) is 0 Å². The van der Waals surface area contributed by atoms with Gasteiger partial charge in [0.05, 0.1) is 12.7 Å². The summed E-state index contributed by atoms with van der Waals surface area (Å²) >= 11 is 0. The predicted molar refractivity (Wildman–Crippen MR) is 88.2 cm³/mol. The van der Waals surface area contributed by atoms with Crippen LogP contribution in [0.4, 0.5) is 0 Å². The predicted octanol–water partition coefficient (Wildman–Crippen LogP) is 3.27. The molecule has 0 amide bonds. The molecule has 0 aromatic heterocycles. The lowest BCUT2D eigenvalue weighted by Crippen LogP contribution is -2.21. The lowest BCUT2D eigenvalue weighted by Gasteiger charge is -2.15. The van der Waals surface area contributed by atoms with Crippen LogP contribution in [0.15, 0.2) is 30.3 Å². The second kappa shape index (κ2) is 18.1. The Morgan fingerprint density at radius 1 is 1.20 bits per heavy atom. The van der Waals surface area contributed by atoms with Crippen molar-refractivity contribution in [3.63, 3.8) is 0 Å². The molecule has 0 aliphatic carbocycles. The topological polar surface area (TPSA) is 41.5 Å². The van der Waals surface area contributed by atoms with Gasteiger partial charge in [0.15, 0.2) is 0 Å². The van der Waals surface area contributed by atoms with Crippen molar-refractivity contribution in [3.8, 4) is 0 Å². The van der Waals surface area contributed by atoms with Crippen LogP contribution in [0.2, 0.25) is 0 Å². The number of nitrogens with one attached hydrogen (secondary N) is 1. The van der Waals surface area contributed by atoms with E-state index in [4.69, 9.17) is 9.84 Å². The summed E-state index contributed by atoms with van der Waals surface area (Å²) in [5.74, 6) is 0. The van der Waals surface area contributed by atoms with Gasteiger partial charge in [0.1, 0.15) is 0 Å². The van der Waals surface area contributed by atoms with E-state index in [0.29, 0.717) is 6.61 Å². The molecule has 0 saturated carbocycles. The molecule has 1 unspecified atom stereocenters. The summed E-state index contributed by atoms with van der Waals surface area (Å²) in [5.41, 5.74) is 1.41. The highest BCUT2D eigenvalue weighted by atomic mass is 16.5. The van der Waals surface area contributed by atoms with Crippen molar-refractivity contribution in [2.75, 3.05) is 27.3 Å². The number of ether oxygens (including phenoxy) is 1. The third kappa shape index (κ3) is 15.2. The van der Waals surface area contributed by atoms with Crippen LogP contribution in [-0.2, 0) is 11.2 Å². The van der Waals surface area contributed by atoms with Crippen LogP contribution in [0.1, 0.15) is 39.2 Å². The number of aliphatic hydroxyl groups excluding tert-OH is 1. The Labute approximate surface area is 125 Å². The maximum atomic E-state index is 8.78. The largest absolute Gasteiger partial charge is 0.391 e. The first kappa shape index (κ1) is 21.4. The summed E-state index contributed by atoms with van der Waals surface area (Å²) in [4.78, 5) is 0. The van der Waals surface area contributed by atoms with E-state index in [0.717, 1.165) is 25.9 Å². The average molecular weight is 283 g/mol. The molecule has 0 spiro atoms. The van der Waals surface area contributed by atoms with Crippen molar-refractivity contribution >= 4 is 0 Å². The monoisotopic (exact) mass is 283 g/mol. The quantitative estimate of drug-likeness (QED) is 0.831. The van der Waals surface area contributed by atoms with E-state index < -0.39 is 0 Å². The molecule has 1 aromatic carbocycles. The molecule has 0 radical (unpaired) electrons. The van der Waals surface area contributed by atoms with Gasteiger partial charge in [-0.2, -0.15) is 0 Å². The summed E-state index contributed by atoms with van der Waals surface area (Å²) in [5, 5.41) is 11.5. The van der Waals surface area contributed by atoms with Crippen LogP contribution in [-0.4, -0.2) is 38.5 Å². The van der Waals surface area contributed by atoms with Crippen molar-refractivity contribution in [1.29, 1.82) is 0 Å². The van der Waals surface area contributed by atoms with Gasteiger partial charge < -0.3 is 15.2 Å². The van der Waals surface area contributed by atoms with Gasteiger partial charge in [0.25, 0.3) is 0 Å². The minimum Gasteiger partial charge on any atom is -0.391 e. The second-order valence-electron chi connectivity index (χ2n) is 4.21. The molecule has 2 N–H and O–H groups in total. The van der Waals surface area contributed by atoms with Gasteiger partial charge in [0, 0.05) is 6.61 Å². The molecule has 0 bridgehead atoms. The van der Waals surface area contributed by atoms with Gasteiger partial charge in [-0.05, 0) is 38.9 Å². The summed E-state index contributed by atoms with van der Waals surface area (Å²) in [7, 11) is 3.75. The van der Waals surface area contributed by atoms with Gasteiger partial charge in [-0.25, -0.2) is 0 Å². The highest BCUT2D eigenvalue weighted by Gasteiger charge is 2.07. The summed E-state index contributed by atoms with van der Waals surface area (Å²) in [6.45, 7) is 7.53. The number of benzene rings is 1. The molecule has 1 aromatic rings. The number of hydrogen-bond donors (Lipinski definition) is 2. The number of hydrogen-bond acceptors (Lipinski definition) is 3. The Kier molecular flexibility index (Phi) is 19.4. The van der Waals surface area contributed by atoms with Gasteiger partial charge in [-0.15, -0.1) is 0 Å². The zero-order chi connectivity index (χ0) is 15.6. The number of rotatable bonds is 1. The molecule has 1 saturated heterocycles. The first-order chi connectivity index (χ1) is 9.74. The fraction of sp³-hybridized carbons (Fsp3) is 0.647. The van der Waals surface area contributed by atoms with E-state index in [9.17, 15) is 0 Å². The molecule has 1 atom stereocenters. The molecule has 1 aliphatic rings. The SMILES string of the molecule is CC.CCc1ccccc1.CNC.OC1CCCOC1. The highest BCUT2D eigenvalue weighted by molar-refractivity contribution is 5.13. The van der Waals surface area contributed by atoms with Gasteiger partial charge in [-0.3, -0.25) is 0 Å². The van der Waals surface area contributed by atoms with E-state index in [1.54, 1.807) is 0 Å². The van der Waals surface area contributed by atoms with E-state index >= 15 is 0 Å². The van der Waals surface area contributed by atoms with Gasteiger partial charge in [0.2, 0.25) is 0 Å². The lowest BCUT2D eigenvalue weighted by atomic mass is 10.2. The first-order valence-corrected chi connectivity index (χ1v) is 7.62. The van der Waals surface area contributed by atoms with Gasteiger partial charge in [-0.1, -0.05) is 51.1 Å². The van der Waals surface area contributed by atoms with Crippen molar-refractivity contribution in [2.24, 2.45) is 0 Å². The molecule has 118 valence electrons. The molecule has 2 rings (SSSR count). The fourth-order valence-electron chi connectivity index (χ4n) is 1.44. The standard InChI is InChI=1S/C8H10.C5H10O2.C2H7N.C2H6/c1-2-8-6-4-3-5-7-8;6-5-2-1-3-7-4-5;1-3-2;1-2/h3-7H,2H2,1H3;5-6H,1-4H2;3H,1-2H3;1-2H3. The smallest absolute Gasteiger partial charge is 0.0774 e. The summed E-state index contributed by atoms with van der Waals surface area (Å²) < 4.78 is 4.93. The van der Waals surface area contributed by atoms with Crippen molar-refractivity contribution < 1.29 is 9.84 Å². The van der Waals surface area contributed by atoms with Crippen LogP contribution in [0.25, 0.3) is 0 Å². The fourth-order valence-corrected chi connectivity index (χ4v) is 1.44. The van der Waals surface area contributed by atoms with E-state index in [2.05, 4.69) is 36.5 Å². The zero-order valence-electron chi connectivity index (χ0n) is 13.9. The third-order valence-corrected chi connectivity index (χ3v) is 2.39. The first-order valence-electron chi connectivity index (χ1n) is 7.62.